The number of methoxy groups -OCH3 is 3. The Hall–Kier alpha value is -3.53. The molecule has 0 atom stereocenters. The van der Waals surface area contributed by atoms with E-state index in [9.17, 15) is 9.59 Å². The molecule has 2 heterocycles. The fraction of sp³-hybridized carbons (Fsp3) is 0.211. The van der Waals surface area contributed by atoms with Crippen LogP contribution in [-0.4, -0.2) is 38.1 Å². The van der Waals surface area contributed by atoms with E-state index in [0.717, 1.165) is 5.56 Å². The van der Waals surface area contributed by atoms with Crippen LogP contribution in [0.3, 0.4) is 0 Å². The molecule has 10 heteroatoms. The number of hydrogen-bond acceptors (Lipinski definition) is 8. The molecule has 0 radical (unpaired) electrons. The predicted octanol–water partition coefficient (Wildman–Crippen LogP) is 2.94. The van der Waals surface area contributed by atoms with Crippen LogP contribution in [0.25, 0.3) is 0 Å². The number of thiophene rings is 1. The lowest BCUT2D eigenvalue weighted by molar-refractivity contribution is 0.0944. The zero-order valence-corrected chi connectivity index (χ0v) is 16.8. The Balaban J connectivity index is 1.64. The minimum atomic E-state index is -0.459. The standard InChI is InChI=1S/C19H19N3O6S/c1-25-13-7-11(8-14(26-2)16(13)27-3)9-20-17(23)12-10-28-19(21-12)22-18(24)15-5-4-6-29-15/h4-8,10H,9H2,1-3H3,(H,20,23)(H,21,22,24). The van der Waals surface area contributed by atoms with Gasteiger partial charge in [0.25, 0.3) is 11.8 Å². The van der Waals surface area contributed by atoms with Gasteiger partial charge in [0.1, 0.15) is 6.26 Å². The molecule has 0 saturated carbocycles. The van der Waals surface area contributed by atoms with Crippen molar-refractivity contribution in [3.05, 3.63) is 52.0 Å². The zero-order valence-electron chi connectivity index (χ0n) is 16.0. The van der Waals surface area contributed by atoms with Crippen LogP contribution in [-0.2, 0) is 6.54 Å². The zero-order chi connectivity index (χ0) is 20.8. The van der Waals surface area contributed by atoms with Gasteiger partial charge in [-0.1, -0.05) is 6.07 Å². The Morgan fingerprint density at radius 2 is 1.83 bits per heavy atom. The molecule has 0 spiro atoms. The van der Waals surface area contributed by atoms with Crippen molar-refractivity contribution in [2.75, 3.05) is 26.6 Å². The third-order valence-corrected chi connectivity index (χ3v) is 4.75. The van der Waals surface area contributed by atoms with E-state index >= 15 is 0 Å². The number of nitrogens with zero attached hydrogens (tertiary/aromatic N) is 1. The Kier molecular flexibility index (Phi) is 6.35. The number of nitrogens with one attached hydrogen (secondary N) is 2. The number of carbonyl (C=O) groups is 2. The summed E-state index contributed by atoms with van der Waals surface area (Å²) in [4.78, 5) is 28.9. The van der Waals surface area contributed by atoms with Crippen molar-refractivity contribution in [2.45, 2.75) is 6.54 Å². The van der Waals surface area contributed by atoms with Crippen LogP contribution in [0, 0.1) is 0 Å². The summed E-state index contributed by atoms with van der Waals surface area (Å²) in [6.07, 6.45) is 1.18. The van der Waals surface area contributed by atoms with Crippen LogP contribution in [0.4, 0.5) is 6.01 Å². The number of carbonyl (C=O) groups excluding carboxylic acids is 2. The summed E-state index contributed by atoms with van der Waals surface area (Å²) in [5.74, 6) is 0.616. The molecule has 3 aromatic rings. The van der Waals surface area contributed by atoms with Gasteiger partial charge in [-0.2, -0.15) is 4.98 Å². The van der Waals surface area contributed by atoms with E-state index in [-0.39, 0.29) is 24.2 Å². The molecule has 9 nitrogen and oxygen atoms in total. The number of aromatic nitrogens is 1. The van der Waals surface area contributed by atoms with Gasteiger partial charge >= 0.3 is 6.01 Å². The van der Waals surface area contributed by atoms with Gasteiger partial charge in [-0.05, 0) is 29.1 Å². The van der Waals surface area contributed by atoms with Crippen LogP contribution in [0.5, 0.6) is 17.2 Å². The summed E-state index contributed by atoms with van der Waals surface area (Å²) in [6.45, 7) is 0.194. The first-order valence-corrected chi connectivity index (χ1v) is 9.31. The van der Waals surface area contributed by atoms with Crippen LogP contribution >= 0.6 is 11.3 Å². The molecule has 0 bridgehead atoms. The average molecular weight is 417 g/mol. The van der Waals surface area contributed by atoms with Crippen molar-refractivity contribution in [3.63, 3.8) is 0 Å². The number of benzene rings is 1. The molecule has 0 saturated heterocycles. The summed E-state index contributed by atoms with van der Waals surface area (Å²) in [5, 5.41) is 7.01. The second-order valence-electron chi connectivity index (χ2n) is 5.69. The van der Waals surface area contributed by atoms with Gasteiger partial charge in [-0.15, -0.1) is 11.3 Å². The highest BCUT2D eigenvalue weighted by molar-refractivity contribution is 7.12. The number of hydrogen-bond donors (Lipinski definition) is 2. The molecule has 0 aliphatic carbocycles. The largest absolute Gasteiger partial charge is 0.493 e. The molecule has 0 aliphatic heterocycles. The molecular weight excluding hydrogens is 398 g/mol. The van der Waals surface area contributed by atoms with Crippen molar-refractivity contribution >= 4 is 29.2 Å². The monoisotopic (exact) mass is 417 g/mol. The lowest BCUT2D eigenvalue weighted by Crippen LogP contribution is -2.23. The molecule has 0 aliphatic rings. The number of anilines is 1. The number of ether oxygens (including phenoxy) is 3. The molecule has 1 aromatic carbocycles. The predicted molar refractivity (Wildman–Crippen MR) is 106 cm³/mol. The Labute approximate surface area is 170 Å². The van der Waals surface area contributed by atoms with Crippen LogP contribution in [0.2, 0.25) is 0 Å². The average Bonchev–Trinajstić information content (AvgIpc) is 3.43. The van der Waals surface area contributed by atoms with Gasteiger partial charge in [0, 0.05) is 6.54 Å². The van der Waals surface area contributed by atoms with E-state index in [4.69, 9.17) is 18.6 Å². The first kappa shape index (κ1) is 20.2. The first-order valence-electron chi connectivity index (χ1n) is 8.43. The van der Waals surface area contributed by atoms with E-state index in [0.29, 0.717) is 22.1 Å². The third-order valence-electron chi connectivity index (χ3n) is 3.88. The smallest absolute Gasteiger partial charge is 0.302 e. The van der Waals surface area contributed by atoms with E-state index < -0.39 is 5.91 Å². The summed E-state index contributed by atoms with van der Waals surface area (Å²) in [5.41, 5.74) is 0.779. The van der Waals surface area contributed by atoms with Crippen molar-refractivity contribution < 1.29 is 28.2 Å². The van der Waals surface area contributed by atoms with Gasteiger partial charge in [-0.3, -0.25) is 14.9 Å². The molecule has 152 valence electrons. The molecule has 29 heavy (non-hydrogen) atoms. The SMILES string of the molecule is COc1cc(CNC(=O)c2coc(NC(=O)c3cccs3)n2)cc(OC)c1OC. The maximum atomic E-state index is 12.3. The number of amides is 2. The first-order chi connectivity index (χ1) is 14.0. The van der Waals surface area contributed by atoms with Gasteiger partial charge in [-0.25, -0.2) is 0 Å². The molecule has 2 amide bonds. The fourth-order valence-electron chi connectivity index (χ4n) is 2.51. The lowest BCUT2D eigenvalue weighted by Gasteiger charge is -2.14. The van der Waals surface area contributed by atoms with Crippen molar-refractivity contribution in [2.24, 2.45) is 0 Å². The van der Waals surface area contributed by atoms with Gasteiger partial charge in [0.2, 0.25) is 5.75 Å². The highest BCUT2D eigenvalue weighted by Gasteiger charge is 2.17. The van der Waals surface area contributed by atoms with E-state index in [1.54, 1.807) is 29.6 Å². The number of rotatable bonds is 8. The Morgan fingerprint density at radius 1 is 1.10 bits per heavy atom. The Bertz CT molecular complexity index is 974. The lowest BCUT2D eigenvalue weighted by atomic mass is 10.1. The van der Waals surface area contributed by atoms with Crippen molar-refractivity contribution in [1.29, 1.82) is 0 Å². The van der Waals surface area contributed by atoms with E-state index in [1.807, 2.05) is 0 Å². The maximum absolute atomic E-state index is 12.3. The van der Waals surface area contributed by atoms with Gasteiger partial charge < -0.3 is 23.9 Å². The molecule has 0 unspecified atom stereocenters. The molecule has 0 fully saturated rings. The van der Waals surface area contributed by atoms with Crippen molar-refractivity contribution in [1.82, 2.24) is 10.3 Å². The maximum Gasteiger partial charge on any atom is 0.302 e. The molecule has 2 aromatic heterocycles. The molecule has 3 rings (SSSR count). The van der Waals surface area contributed by atoms with Crippen LogP contribution in [0.1, 0.15) is 25.7 Å². The summed E-state index contributed by atoms with van der Waals surface area (Å²) >= 11 is 1.29. The normalized spacial score (nSPS) is 10.3. The minimum absolute atomic E-state index is 0.0407. The highest BCUT2D eigenvalue weighted by atomic mass is 32.1. The second-order valence-corrected chi connectivity index (χ2v) is 6.63. The van der Waals surface area contributed by atoms with E-state index in [2.05, 4.69) is 15.6 Å². The van der Waals surface area contributed by atoms with Crippen molar-refractivity contribution in [3.8, 4) is 17.2 Å². The minimum Gasteiger partial charge on any atom is -0.493 e. The van der Waals surface area contributed by atoms with Gasteiger partial charge in [0.05, 0.1) is 26.2 Å². The van der Waals surface area contributed by atoms with Crippen LogP contribution in [0.15, 0.2) is 40.3 Å². The van der Waals surface area contributed by atoms with E-state index in [1.165, 1.54) is 38.9 Å². The summed E-state index contributed by atoms with van der Waals surface area (Å²) in [6, 6.07) is 6.85. The highest BCUT2D eigenvalue weighted by Crippen LogP contribution is 2.38. The summed E-state index contributed by atoms with van der Waals surface area (Å²) < 4.78 is 21.0. The quantitative estimate of drug-likeness (QED) is 0.579. The second kappa shape index (κ2) is 9.11. The van der Waals surface area contributed by atoms with Gasteiger partial charge in [0.15, 0.2) is 17.2 Å². The van der Waals surface area contributed by atoms with Crippen LogP contribution < -0.4 is 24.8 Å². The molecular formula is C19H19N3O6S. The molecule has 2 N–H and O–H groups in total. The summed E-state index contributed by atoms with van der Waals surface area (Å²) in [7, 11) is 4.54. The number of oxazole rings is 1. The fourth-order valence-corrected chi connectivity index (χ4v) is 3.13. The topological polar surface area (TPSA) is 112 Å². The third kappa shape index (κ3) is 4.66. The Morgan fingerprint density at radius 3 is 2.41 bits per heavy atom.